The molecule has 3 rings (SSSR count). The molecule has 0 atom stereocenters. The van der Waals surface area contributed by atoms with Crippen LogP contribution < -0.4 is 0 Å². The smallest absolute Gasteiger partial charge is 0.144 e. The molecule has 3 aromatic heterocycles. The van der Waals surface area contributed by atoms with E-state index in [0.717, 1.165) is 0 Å². The van der Waals surface area contributed by atoms with E-state index in [1.165, 1.54) is 41.9 Å². The number of hydrogen-bond acceptors (Lipinski definition) is 9. The Hall–Kier alpha value is -1.74. The summed E-state index contributed by atoms with van der Waals surface area (Å²) in [5.74, 6) is 0. The first-order valence-corrected chi connectivity index (χ1v) is 5.29. The van der Waals surface area contributed by atoms with Crippen LogP contribution >= 0.6 is 23.1 Å². The van der Waals surface area contributed by atoms with Gasteiger partial charge in [0, 0.05) is 10.7 Å². The van der Waals surface area contributed by atoms with Crippen molar-refractivity contribution in [3.05, 3.63) is 35.9 Å². The van der Waals surface area contributed by atoms with Crippen molar-refractivity contribution in [2.45, 2.75) is 0 Å². The molecular weight excluding hydrogens is 236 g/mol. The van der Waals surface area contributed by atoms with Crippen LogP contribution in [0.4, 0.5) is 0 Å². The zero-order valence-electron chi connectivity index (χ0n) is 7.37. The maximum absolute atomic E-state index is 4.22. The topological polar surface area (TPSA) is 90.5 Å². The fourth-order valence-electron chi connectivity index (χ4n) is 0.408. The maximum Gasteiger partial charge on any atom is 0.144 e. The number of nitrogens with zero attached hydrogens (tertiary/aromatic N) is 6. The molecule has 0 aliphatic rings. The van der Waals surface area contributed by atoms with E-state index < -0.39 is 0 Å². The zero-order valence-corrected chi connectivity index (χ0v) is 9.01. The molecule has 0 aliphatic heterocycles. The van der Waals surface area contributed by atoms with Gasteiger partial charge in [-0.15, -0.1) is 10.2 Å². The lowest BCUT2D eigenvalue weighted by molar-refractivity contribution is 0.393. The summed E-state index contributed by atoms with van der Waals surface area (Å²) in [7, 11) is 0. The van der Waals surface area contributed by atoms with Crippen molar-refractivity contribution in [3.63, 3.8) is 0 Å². The second-order valence-corrected chi connectivity index (χ2v) is 3.03. The van der Waals surface area contributed by atoms with Crippen molar-refractivity contribution in [2.75, 3.05) is 0 Å². The van der Waals surface area contributed by atoms with Gasteiger partial charge < -0.3 is 4.52 Å². The van der Waals surface area contributed by atoms with E-state index in [9.17, 15) is 0 Å². The van der Waals surface area contributed by atoms with Crippen LogP contribution in [0.5, 0.6) is 0 Å². The molecule has 0 saturated carbocycles. The fraction of sp³-hybridized carbons (Fsp3) is 0. The molecular formula is C6H6N6OS2. The van der Waals surface area contributed by atoms with Gasteiger partial charge in [-0.05, 0) is 23.1 Å². The highest BCUT2D eigenvalue weighted by Crippen LogP contribution is 1.78. The molecule has 0 fully saturated rings. The Kier molecular flexibility index (Phi) is 6.68. The molecule has 0 aromatic carbocycles. The third-order valence-electron chi connectivity index (χ3n) is 0.848. The van der Waals surface area contributed by atoms with Crippen LogP contribution in [0.25, 0.3) is 0 Å². The molecule has 0 amide bonds. The highest BCUT2D eigenvalue weighted by molar-refractivity contribution is 7.03. The van der Waals surface area contributed by atoms with Crippen molar-refractivity contribution in [3.8, 4) is 0 Å². The van der Waals surface area contributed by atoms with Crippen molar-refractivity contribution < 1.29 is 4.52 Å². The molecule has 3 aromatic rings. The van der Waals surface area contributed by atoms with Gasteiger partial charge in [-0.25, -0.2) is 4.98 Å². The lowest BCUT2D eigenvalue weighted by Gasteiger charge is -1.45. The standard InChI is InChI=1S/C2H2N2O.2C2H2N2S/c1-2-5-4-3-1;1-3-2-5-4-1;1-2-5-4-3-1/h3*1-2H. The second-order valence-electron chi connectivity index (χ2n) is 1.76. The summed E-state index contributed by atoms with van der Waals surface area (Å²) in [6.07, 6.45) is 6.05. The first-order valence-electron chi connectivity index (χ1n) is 3.61. The minimum Gasteiger partial charge on any atom is -0.346 e. The Bertz CT molecular complexity index is 258. The van der Waals surface area contributed by atoms with E-state index in [2.05, 4.69) is 33.8 Å². The quantitative estimate of drug-likeness (QED) is 0.583. The predicted molar refractivity (Wildman–Crippen MR) is 54.1 cm³/mol. The predicted octanol–water partition coefficient (Wildman–Crippen LogP) is 1.15. The van der Waals surface area contributed by atoms with Crippen LogP contribution in [0, 0.1) is 0 Å². The third-order valence-corrected chi connectivity index (χ3v) is 1.71. The molecule has 0 radical (unpaired) electrons. The van der Waals surface area contributed by atoms with Crippen LogP contribution in [-0.2, 0) is 0 Å². The fourth-order valence-corrected chi connectivity index (χ4v) is 0.953. The van der Waals surface area contributed by atoms with E-state index in [1.807, 2.05) is 5.38 Å². The molecule has 0 unspecified atom stereocenters. The highest BCUT2D eigenvalue weighted by atomic mass is 32.1. The van der Waals surface area contributed by atoms with Crippen molar-refractivity contribution in [1.29, 1.82) is 0 Å². The third kappa shape index (κ3) is 7.34. The largest absolute Gasteiger partial charge is 0.346 e. The molecule has 0 N–H and O–H groups in total. The van der Waals surface area contributed by atoms with Crippen LogP contribution in [0.15, 0.2) is 40.4 Å². The molecule has 78 valence electrons. The number of hydrogen-bond donors (Lipinski definition) is 0. The average Bonchev–Trinajstić information content (AvgIpc) is 3.09. The van der Waals surface area contributed by atoms with Gasteiger partial charge in [0.25, 0.3) is 0 Å². The van der Waals surface area contributed by atoms with E-state index in [-0.39, 0.29) is 0 Å². The lowest BCUT2D eigenvalue weighted by Crippen LogP contribution is -1.53. The normalized spacial score (nSPS) is 8.00. The SMILES string of the molecule is c1conn1.c1csnn1.c1ncsn1. The summed E-state index contributed by atoms with van der Waals surface area (Å²) in [6, 6.07) is 0. The number of rotatable bonds is 0. The molecule has 7 nitrogen and oxygen atoms in total. The van der Waals surface area contributed by atoms with Crippen LogP contribution in [0.2, 0.25) is 0 Å². The molecule has 0 aliphatic carbocycles. The van der Waals surface area contributed by atoms with Crippen molar-refractivity contribution in [1.82, 2.24) is 29.3 Å². The van der Waals surface area contributed by atoms with Gasteiger partial charge in [0.15, 0.2) is 0 Å². The molecule has 15 heavy (non-hydrogen) atoms. The van der Waals surface area contributed by atoms with E-state index in [4.69, 9.17) is 0 Å². The van der Waals surface area contributed by atoms with Gasteiger partial charge in [0.05, 0.1) is 12.4 Å². The Morgan fingerprint density at radius 2 is 2.07 bits per heavy atom. The average molecular weight is 242 g/mol. The second kappa shape index (κ2) is 8.84. The monoisotopic (exact) mass is 242 g/mol. The molecule has 0 spiro atoms. The summed E-state index contributed by atoms with van der Waals surface area (Å²) in [6.45, 7) is 0. The lowest BCUT2D eigenvalue weighted by atomic mass is 11.0. The Balaban J connectivity index is 0.000000112. The van der Waals surface area contributed by atoms with Gasteiger partial charge in [0.1, 0.15) is 18.1 Å². The van der Waals surface area contributed by atoms with Crippen LogP contribution in [0.3, 0.4) is 0 Å². The van der Waals surface area contributed by atoms with Gasteiger partial charge in [-0.1, -0.05) is 4.49 Å². The summed E-state index contributed by atoms with van der Waals surface area (Å²) in [5, 5.41) is 11.7. The van der Waals surface area contributed by atoms with Crippen molar-refractivity contribution >= 4 is 23.1 Å². The van der Waals surface area contributed by atoms with Gasteiger partial charge >= 0.3 is 0 Å². The molecule has 9 heteroatoms. The Morgan fingerprint density at radius 3 is 2.27 bits per heavy atom. The minimum atomic E-state index is 1.35. The van der Waals surface area contributed by atoms with Gasteiger partial charge in [0.2, 0.25) is 0 Å². The summed E-state index contributed by atoms with van der Waals surface area (Å²) in [4.78, 5) is 3.63. The first kappa shape index (κ1) is 11.3. The van der Waals surface area contributed by atoms with Crippen molar-refractivity contribution in [2.24, 2.45) is 0 Å². The summed E-state index contributed by atoms with van der Waals surface area (Å²) in [5.41, 5.74) is 1.68. The molecule has 0 saturated heterocycles. The summed E-state index contributed by atoms with van der Waals surface area (Å²) < 4.78 is 11.4. The minimum absolute atomic E-state index is 1.35. The van der Waals surface area contributed by atoms with Gasteiger partial charge in [-0.2, -0.15) is 4.37 Å². The highest BCUT2D eigenvalue weighted by Gasteiger charge is 1.62. The van der Waals surface area contributed by atoms with E-state index in [0.29, 0.717) is 0 Å². The Labute approximate surface area is 93.1 Å². The maximum atomic E-state index is 4.22. The molecule has 0 bridgehead atoms. The zero-order chi connectivity index (χ0) is 10.6. The van der Waals surface area contributed by atoms with Gasteiger partial charge in [-0.3, -0.25) is 0 Å². The Morgan fingerprint density at radius 1 is 1.07 bits per heavy atom. The number of aromatic nitrogens is 6. The molecule has 3 heterocycles. The summed E-state index contributed by atoms with van der Waals surface area (Å²) >= 11 is 2.70. The van der Waals surface area contributed by atoms with Crippen LogP contribution in [-0.4, -0.2) is 29.3 Å². The van der Waals surface area contributed by atoms with Crippen LogP contribution in [0.1, 0.15) is 0 Å². The van der Waals surface area contributed by atoms with E-state index >= 15 is 0 Å². The van der Waals surface area contributed by atoms with E-state index in [1.54, 1.807) is 11.7 Å². The first-order chi connectivity index (χ1) is 7.50.